The van der Waals surface area contributed by atoms with Crippen molar-refractivity contribution in [2.75, 3.05) is 32.0 Å². The number of rotatable bonds is 4. The van der Waals surface area contributed by atoms with Gasteiger partial charge >= 0.3 is 5.97 Å². The van der Waals surface area contributed by atoms with Crippen LogP contribution in [0.3, 0.4) is 0 Å². The minimum Gasteiger partial charge on any atom is -0.461 e. The van der Waals surface area contributed by atoms with Crippen molar-refractivity contribution in [2.24, 2.45) is 50.7 Å². The zero-order valence-electron chi connectivity index (χ0n) is 27.5. The predicted octanol–water partition coefficient (Wildman–Crippen LogP) is 4.34. The standard InChI is InChI=1S/C34H52N6O4/c1-19(2)26-30(3)12-13-32(5)21-7-8-24-31(4)17-42-18-34(24,22(21)9-11-33(32,6)25(30)28(41)44-26)15-23(40-38-29(35)37-39-40)27(31)43-20-10-14-36-16-20/h9,19-21,23-27,36H,7-8,10-18H2,1-6H3,(H2,35,38)/t20?,21-,23+,24-,25+,26+,27-,30-,31-,32+,33-,34?/m0/s1. The number of allylic oxidation sites excluding steroid dienone is 1. The number of nitrogens with one attached hydrogen (secondary N) is 1. The van der Waals surface area contributed by atoms with Crippen molar-refractivity contribution in [3.05, 3.63) is 11.6 Å². The van der Waals surface area contributed by atoms with Crippen LogP contribution < -0.4 is 11.1 Å². The van der Waals surface area contributed by atoms with E-state index in [1.807, 2.05) is 0 Å². The Hall–Kier alpha value is -2.04. The van der Waals surface area contributed by atoms with E-state index in [9.17, 15) is 4.79 Å². The fourth-order valence-corrected chi connectivity index (χ4v) is 12.6. The van der Waals surface area contributed by atoms with Gasteiger partial charge in [0.15, 0.2) is 0 Å². The molecule has 1 aromatic heterocycles. The van der Waals surface area contributed by atoms with Crippen molar-refractivity contribution in [3.8, 4) is 0 Å². The molecule has 8 rings (SSSR count). The number of esters is 1. The molecule has 10 heteroatoms. The molecule has 10 nitrogen and oxygen atoms in total. The number of carbonyl (C=O) groups excluding carboxylic acids is 1. The van der Waals surface area contributed by atoms with Crippen LogP contribution in [0, 0.1) is 50.7 Å². The van der Waals surface area contributed by atoms with Crippen LogP contribution in [0.15, 0.2) is 11.6 Å². The molecule has 0 amide bonds. The number of nitrogen functional groups attached to an aromatic ring is 1. The number of nitrogens with two attached hydrogens (primary N) is 1. The predicted molar refractivity (Wildman–Crippen MR) is 164 cm³/mol. The van der Waals surface area contributed by atoms with Gasteiger partial charge in [-0.3, -0.25) is 4.79 Å². The summed E-state index contributed by atoms with van der Waals surface area (Å²) in [6, 6.07) is -0.0856. The van der Waals surface area contributed by atoms with Crippen LogP contribution in [0.1, 0.15) is 92.5 Å². The van der Waals surface area contributed by atoms with E-state index in [1.165, 1.54) is 0 Å². The molecule has 0 radical (unpaired) electrons. The third-order valence-corrected chi connectivity index (χ3v) is 14.6. The number of fused-ring (bicyclic) bond motifs is 5. The molecule has 44 heavy (non-hydrogen) atoms. The minimum atomic E-state index is -0.204. The number of cyclic esters (lactones) is 1. The molecule has 0 spiro atoms. The topological polar surface area (TPSA) is 126 Å². The fraction of sp³-hybridized carbons (Fsp3) is 0.882. The van der Waals surface area contributed by atoms with Crippen LogP contribution in [0.4, 0.5) is 5.95 Å². The van der Waals surface area contributed by atoms with Crippen molar-refractivity contribution in [1.29, 1.82) is 0 Å². The Balaban J connectivity index is 1.22. The highest BCUT2D eigenvalue weighted by atomic mass is 16.6. The Kier molecular flexibility index (Phi) is 6.34. The molecule has 3 saturated heterocycles. The number of aromatic nitrogens is 4. The van der Waals surface area contributed by atoms with E-state index in [0.29, 0.717) is 31.0 Å². The molecule has 242 valence electrons. The van der Waals surface area contributed by atoms with E-state index >= 15 is 0 Å². The molecule has 4 aliphatic carbocycles. The van der Waals surface area contributed by atoms with E-state index in [-0.39, 0.29) is 69.3 Å². The fourth-order valence-electron chi connectivity index (χ4n) is 12.6. The molecular formula is C34H52N6O4. The number of hydrogen-bond donors (Lipinski definition) is 2. The molecule has 6 fully saturated rings. The van der Waals surface area contributed by atoms with Crippen molar-refractivity contribution < 1.29 is 19.0 Å². The van der Waals surface area contributed by atoms with Crippen LogP contribution in [0.25, 0.3) is 0 Å². The second-order valence-electron chi connectivity index (χ2n) is 17.0. The maximum atomic E-state index is 13.8. The van der Waals surface area contributed by atoms with Crippen LogP contribution in [-0.4, -0.2) is 70.8 Å². The third kappa shape index (κ3) is 3.59. The van der Waals surface area contributed by atoms with E-state index in [0.717, 1.165) is 58.0 Å². The smallest absolute Gasteiger partial charge is 0.310 e. The Labute approximate surface area is 261 Å². The van der Waals surface area contributed by atoms with E-state index in [1.54, 1.807) is 10.4 Å². The van der Waals surface area contributed by atoms with Gasteiger partial charge in [-0.15, -0.1) is 5.10 Å². The second-order valence-corrected chi connectivity index (χ2v) is 17.0. The summed E-state index contributed by atoms with van der Waals surface area (Å²) in [6.07, 6.45) is 9.79. The first-order chi connectivity index (χ1) is 20.9. The largest absolute Gasteiger partial charge is 0.461 e. The van der Waals surface area contributed by atoms with Crippen molar-refractivity contribution in [3.63, 3.8) is 0 Å². The summed E-state index contributed by atoms with van der Waals surface area (Å²) < 4.78 is 19.9. The van der Waals surface area contributed by atoms with Gasteiger partial charge in [-0.05, 0) is 85.3 Å². The summed E-state index contributed by atoms with van der Waals surface area (Å²) in [5, 5.41) is 16.6. The summed E-state index contributed by atoms with van der Waals surface area (Å²) in [7, 11) is 0. The highest BCUT2D eigenvalue weighted by Gasteiger charge is 2.74. The number of hydrogen-bond acceptors (Lipinski definition) is 9. The monoisotopic (exact) mass is 608 g/mol. The Bertz CT molecular complexity index is 1370. The second kappa shape index (κ2) is 9.50. The van der Waals surface area contributed by atoms with Gasteiger partial charge in [0.2, 0.25) is 0 Å². The summed E-state index contributed by atoms with van der Waals surface area (Å²) in [5.41, 5.74) is 6.98. The van der Waals surface area contributed by atoms with Crippen molar-refractivity contribution in [2.45, 2.75) is 111 Å². The van der Waals surface area contributed by atoms with Gasteiger partial charge in [0.1, 0.15) is 12.1 Å². The average molecular weight is 609 g/mol. The number of tetrazole rings is 1. The molecule has 2 bridgehead atoms. The normalized spacial score (nSPS) is 51.2. The number of anilines is 1. The van der Waals surface area contributed by atoms with E-state index in [4.69, 9.17) is 19.9 Å². The van der Waals surface area contributed by atoms with Gasteiger partial charge < -0.3 is 25.3 Å². The van der Waals surface area contributed by atoms with Gasteiger partial charge in [-0.1, -0.05) is 58.3 Å². The van der Waals surface area contributed by atoms with Gasteiger partial charge in [0, 0.05) is 22.8 Å². The first-order valence-electron chi connectivity index (χ1n) is 17.3. The summed E-state index contributed by atoms with van der Waals surface area (Å²) in [4.78, 5) is 15.6. The number of carbonyl (C=O) groups is 1. The summed E-state index contributed by atoms with van der Waals surface area (Å²) >= 11 is 0. The molecule has 4 heterocycles. The molecule has 3 N–H and O–H groups in total. The van der Waals surface area contributed by atoms with Crippen molar-refractivity contribution in [1.82, 2.24) is 25.5 Å². The Morgan fingerprint density at radius 2 is 1.91 bits per heavy atom. The summed E-state index contributed by atoms with van der Waals surface area (Å²) in [6.45, 7) is 17.3. The van der Waals surface area contributed by atoms with Crippen LogP contribution in [0.5, 0.6) is 0 Å². The Morgan fingerprint density at radius 3 is 2.61 bits per heavy atom. The third-order valence-electron chi connectivity index (χ3n) is 14.6. The molecule has 3 aliphatic heterocycles. The lowest BCUT2D eigenvalue weighted by atomic mass is 9.35. The molecular weight excluding hydrogens is 556 g/mol. The van der Waals surface area contributed by atoms with Gasteiger partial charge in [0.05, 0.1) is 31.3 Å². The van der Waals surface area contributed by atoms with Gasteiger partial charge in [-0.25, -0.2) is 0 Å². The SMILES string of the molecule is CC(C)[C@H]1OC(=O)[C@@H]2[C@]1(C)CC[C@]1(C)[C@H]3CC[C@@H]4C5(COC[C@]4(C)[C@@H](OC4CCNC4)[C@H](n4nnc(N)n4)C5)C3=CC[C@@]21C. The molecule has 3 saturated carbocycles. The van der Waals surface area contributed by atoms with E-state index < -0.39 is 0 Å². The molecule has 2 unspecified atom stereocenters. The lowest BCUT2D eigenvalue weighted by Gasteiger charge is -2.70. The van der Waals surface area contributed by atoms with Crippen LogP contribution in [-0.2, 0) is 19.0 Å². The molecule has 12 atom stereocenters. The minimum absolute atomic E-state index is 0.00594. The first kappa shape index (κ1) is 29.4. The quantitative estimate of drug-likeness (QED) is 0.379. The maximum absolute atomic E-state index is 13.8. The molecule has 1 aromatic rings. The first-order valence-corrected chi connectivity index (χ1v) is 17.3. The zero-order valence-corrected chi connectivity index (χ0v) is 27.5. The highest BCUT2D eigenvalue weighted by Crippen LogP contribution is 2.76. The van der Waals surface area contributed by atoms with Gasteiger partial charge in [0.25, 0.3) is 5.95 Å². The highest BCUT2D eigenvalue weighted by molar-refractivity contribution is 5.78. The lowest BCUT2D eigenvalue weighted by molar-refractivity contribution is -0.256. The maximum Gasteiger partial charge on any atom is 0.310 e. The zero-order chi connectivity index (χ0) is 30.9. The molecule has 0 aromatic carbocycles. The van der Waals surface area contributed by atoms with Gasteiger partial charge in [-0.2, -0.15) is 4.80 Å². The number of ether oxygens (including phenoxy) is 3. The summed E-state index contributed by atoms with van der Waals surface area (Å²) in [5.74, 6) is 1.30. The average Bonchev–Trinajstić information content (AvgIpc) is 3.71. The van der Waals surface area contributed by atoms with Crippen LogP contribution in [0.2, 0.25) is 0 Å². The number of nitrogens with zero attached hydrogens (tertiary/aromatic N) is 4. The van der Waals surface area contributed by atoms with Crippen LogP contribution >= 0.6 is 0 Å². The van der Waals surface area contributed by atoms with E-state index in [2.05, 4.69) is 68.3 Å². The van der Waals surface area contributed by atoms with Crippen molar-refractivity contribution >= 4 is 11.9 Å². The molecule has 7 aliphatic rings. The Morgan fingerprint density at radius 1 is 1.09 bits per heavy atom. The lowest BCUT2D eigenvalue weighted by Crippen LogP contribution is -2.69.